The van der Waals surface area contributed by atoms with Gasteiger partial charge in [-0.25, -0.2) is 0 Å². The summed E-state index contributed by atoms with van der Waals surface area (Å²) in [5.41, 5.74) is 2.05. The molecule has 0 saturated carbocycles. The Balaban J connectivity index is 3.36. The van der Waals surface area contributed by atoms with Gasteiger partial charge in [0.15, 0.2) is 0 Å². The predicted molar refractivity (Wildman–Crippen MR) is 38.2 cm³/mol. The molecule has 7 heavy (non-hydrogen) atoms. The fourth-order valence-corrected chi connectivity index (χ4v) is 1.04. The Morgan fingerprint density at radius 2 is 2.29 bits per heavy atom. The van der Waals surface area contributed by atoms with Crippen molar-refractivity contribution in [2.24, 2.45) is 0 Å². The third kappa shape index (κ3) is 3.53. The van der Waals surface area contributed by atoms with E-state index in [-0.39, 0.29) is 9.52 Å². The maximum atomic E-state index is 3.67. The van der Waals surface area contributed by atoms with Crippen LogP contribution in [0.2, 0.25) is 0 Å². The average molecular weight is 112 g/mol. The van der Waals surface area contributed by atoms with Crippen molar-refractivity contribution in [3.8, 4) is 0 Å². The lowest BCUT2D eigenvalue weighted by molar-refractivity contribution is 1.58. The van der Waals surface area contributed by atoms with E-state index in [2.05, 4.69) is 32.2 Å². The SMILES string of the molecule is C=C[SiH2]C(C)=CC. The molecule has 0 fully saturated rings. The molecular weight excluding hydrogens is 100 g/mol. The molecule has 0 atom stereocenters. The normalized spacial score (nSPS) is 13.1. The second-order valence-corrected chi connectivity index (χ2v) is 3.73. The van der Waals surface area contributed by atoms with E-state index in [4.69, 9.17) is 0 Å². The summed E-state index contributed by atoms with van der Waals surface area (Å²) in [4.78, 5) is 0. The molecule has 0 nitrogen and oxygen atoms in total. The van der Waals surface area contributed by atoms with Crippen LogP contribution in [0.1, 0.15) is 13.8 Å². The van der Waals surface area contributed by atoms with Gasteiger partial charge < -0.3 is 0 Å². The second kappa shape index (κ2) is 3.87. The smallest absolute Gasteiger partial charge is 0.0716 e. The summed E-state index contributed by atoms with van der Waals surface area (Å²) in [6.07, 6.45) is 2.16. The van der Waals surface area contributed by atoms with Gasteiger partial charge in [0.05, 0.1) is 9.52 Å². The zero-order chi connectivity index (χ0) is 5.70. The van der Waals surface area contributed by atoms with E-state index in [9.17, 15) is 0 Å². The van der Waals surface area contributed by atoms with E-state index in [1.54, 1.807) is 0 Å². The van der Waals surface area contributed by atoms with Crippen molar-refractivity contribution < 1.29 is 0 Å². The standard InChI is InChI=1S/C6H12Si/c1-4-6(3)7-5-2/h4-5H,2,7H2,1,3H3. The van der Waals surface area contributed by atoms with Gasteiger partial charge in [0.2, 0.25) is 0 Å². The van der Waals surface area contributed by atoms with Crippen molar-refractivity contribution in [1.29, 1.82) is 0 Å². The van der Waals surface area contributed by atoms with Crippen LogP contribution in [0.5, 0.6) is 0 Å². The molecule has 0 aromatic rings. The Morgan fingerprint density at radius 1 is 1.71 bits per heavy atom. The van der Waals surface area contributed by atoms with Crippen LogP contribution in [0.15, 0.2) is 23.6 Å². The van der Waals surface area contributed by atoms with Gasteiger partial charge in [-0.05, 0) is 13.8 Å². The Morgan fingerprint density at radius 3 is 2.43 bits per heavy atom. The molecular formula is C6H12Si. The van der Waals surface area contributed by atoms with E-state index >= 15 is 0 Å². The maximum Gasteiger partial charge on any atom is 0.0716 e. The minimum Gasteiger partial charge on any atom is -0.107 e. The maximum absolute atomic E-state index is 3.67. The summed E-state index contributed by atoms with van der Waals surface area (Å²) in [6.45, 7) is 7.91. The molecule has 0 bridgehead atoms. The molecule has 0 amide bonds. The van der Waals surface area contributed by atoms with Gasteiger partial charge in [-0.2, -0.15) is 0 Å². The van der Waals surface area contributed by atoms with Gasteiger partial charge in [-0.15, -0.1) is 12.3 Å². The minimum absolute atomic E-state index is 0.0289. The van der Waals surface area contributed by atoms with E-state index < -0.39 is 0 Å². The second-order valence-electron chi connectivity index (χ2n) is 1.63. The molecule has 0 heterocycles. The molecule has 0 aliphatic carbocycles. The number of allylic oxidation sites excluding steroid dienone is 2. The molecule has 0 spiro atoms. The highest BCUT2D eigenvalue weighted by Crippen LogP contribution is 1.85. The topological polar surface area (TPSA) is 0 Å². The molecule has 0 aliphatic rings. The largest absolute Gasteiger partial charge is 0.107 e. The lowest BCUT2D eigenvalue weighted by atomic mass is 10.6. The number of hydrogen-bond donors (Lipinski definition) is 0. The van der Waals surface area contributed by atoms with Crippen molar-refractivity contribution in [1.82, 2.24) is 0 Å². The molecule has 0 rings (SSSR count). The number of hydrogen-bond acceptors (Lipinski definition) is 0. The van der Waals surface area contributed by atoms with Crippen LogP contribution in [0.3, 0.4) is 0 Å². The van der Waals surface area contributed by atoms with Crippen LogP contribution in [0.25, 0.3) is 0 Å². The molecule has 0 aromatic carbocycles. The van der Waals surface area contributed by atoms with Crippen LogP contribution >= 0.6 is 0 Å². The first-order valence-electron chi connectivity index (χ1n) is 2.54. The molecule has 40 valence electrons. The average Bonchev–Trinajstić information content (AvgIpc) is 1.68. The Hall–Kier alpha value is -0.303. The zero-order valence-electron chi connectivity index (χ0n) is 5.07. The molecule has 0 aliphatic heterocycles. The summed E-state index contributed by atoms with van der Waals surface area (Å²) in [6, 6.07) is 0. The van der Waals surface area contributed by atoms with E-state index in [1.807, 2.05) is 0 Å². The molecule has 0 unspecified atom stereocenters. The first kappa shape index (κ1) is 6.70. The predicted octanol–water partition coefficient (Wildman–Crippen LogP) is 1.22. The lowest BCUT2D eigenvalue weighted by Crippen LogP contribution is -1.83. The Kier molecular flexibility index (Phi) is 3.70. The molecule has 0 N–H and O–H groups in total. The van der Waals surface area contributed by atoms with E-state index in [1.165, 1.54) is 5.20 Å². The lowest BCUT2D eigenvalue weighted by Gasteiger charge is -1.86. The highest BCUT2D eigenvalue weighted by molar-refractivity contribution is 6.50. The summed E-state index contributed by atoms with van der Waals surface area (Å²) in [7, 11) is -0.0289. The monoisotopic (exact) mass is 112 g/mol. The van der Waals surface area contributed by atoms with Crippen molar-refractivity contribution >= 4 is 9.52 Å². The van der Waals surface area contributed by atoms with E-state index in [0.717, 1.165) is 0 Å². The van der Waals surface area contributed by atoms with E-state index in [0.29, 0.717) is 0 Å². The summed E-state index contributed by atoms with van der Waals surface area (Å²) in [5, 5.41) is 1.52. The van der Waals surface area contributed by atoms with Crippen LogP contribution < -0.4 is 0 Å². The zero-order valence-corrected chi connectivity index (χ0v) is 6.48. The quantitative estimate of drug-likeness (QED) is 0.471. The van der Waals surface area contributed by atoms with Crippen molar-refractivity contribution in [2.75, 3.05) is 0 Å². The highest BCUT2D eigenvalue weighted by Gasteiger charge is 1.77. The third-order valence-electron chi connectivity index (χ3n) is 0.959. The van der Waals surface area contributed by atoms with Crippen LogP contribution in [0, 0.1) is 0 Å². The molecule has 0 saturated heterocycles. The van der Waals surface area contributed by atoms with Gasteiger partial charge in [-0.3, -0.25) is 0 Å². The van der Waals surface area contributed by atoms with Gasteiger partial charge in [0, 0.05) is 0 Å². The summed E-state index contributed by atoms with van der Waals surface area (Å²) < 4.78 is 0. The van der Waals surface area contributed by atoms with Gasteiger partial charge in [0.25, 0.3) is 0 Å². The van der Waals surface area contributed by atoms with Crippen molar-refractivity contribution in [3.05, 3.63) is 23.6 Å². The molecule has 0 radical (unpaired) electrons. The minimum atomic E-state index is -0.0289. The molecule has 1 heteroatoms. The molecule has 0 aromatic heterocycles. The third-order valence-corrected chi connectivity index (χ3v) is 2.30. The Labute approximate surface area is 47.8 Å². The van der Waals surface area contributed by atoms with Gasteiger partial charge in [0.1, 0.15) is 0 Å². The summed E-state index contributed by atoms with van der Waals surface area (Å²) >= 11 is 0. The van der Waals surface area contributed by atoms with Crippen molar-refractivity contribution in [3.63, 3.8) is 0 Å². The van der Waals surface area contributed by atoms with Gasteiger partial charge >= 0.3 is 0 Å². The first-order chi connectivity index (χ1) is 3.31. The van der Waals surface area contributed by atoms with Crippen LogP contribution in [-0.2, 0) is 0 Å². The fourth-order valence-electron chi connectivity index (χ4n) is 0.346. The fraction of sp³-hybridized carbons (Fsp3) is 0.333. The van der Waals surface area contributed by atoms with Gasteiger partial charge in [-0.1, -0.05) is 11.3 Å². The highest BCUT2D eigenvalue weighted by atomic mass is 28.2. The first-order valence-corrected chi connectivity index (χ1v) is 4.06. The van der Waals surface area contributed by atoms with Crippen molar-refractivity contribution in [2.45, 2.75) is 13.8 Å². The van der Waals surface area contributed by atoms with Crippen LogP contribution in [0.4, 0.5) is 0 Å². The number of rotatable bonds is 2. The van der Waals surface area contributed by atoms with Crippen LogP contribution in [-0.4, -0.2) is 9.52 Å². The summed E-state index contributed by atoms with van der Waals surface area (Å²) in [5.74, 6) is 0. The Bertz CT molecular complexity index is 82.2.